The Morgan fingerprint density at radius 3 is 2.64 bits per heavy atom. The normalized spacial score (nSPS) is 8.93. The van der Waals surface area contributed by atoms with Crippen LogP contribution in [-0.2, 0) is 4.74 Å². The molecule has 72 valence electrons. The van der Waals surface area contributed by atoms with Crippen LogP contribution in [0.2, 0.25) is 0 Å². The van der Waals surface area contributed by atoms with E-state index in [1.165, 1.54) is 12.1 Å². The summed E-state index contributed by atoms with van der Waals surface area (Å²) in [6, 6.07) is 6.34. The average Bonchev–Trinajstić information content (AvgIpc) is 2.15. The second-order valence-corrected chi connectivity index (χ2v) is 2.65. The number of carbonyl (C=O) groups excluding carboxylic acids is 1. The number of hydrogen-bond acceptors (Lipinski definition) is 3. The summed E-state index contributed by atoms with van der Waals surface area (Å²) in [6.45, 7) is 2.30. The summed E-state index contributed by atoms with van der Waals surface area (Å²) in [5.74, 6) is -0.511. The number of rotatable bonds is 3. The van der Waals surface area contributed by atoms with Gasteiger partial charge in [-0.3, -0.25) is 0 Å². The number of benzene rings is 1. The molecule has 0 aliphatic heterocycles. The van der Waals surface area contributed by atoms with Gasteiger partial charge in [-0.1, -0.05) is 19.1 Å². The molecule has 1 rings (SSSR count). The fourth-order valence-corrected chi connectivity index (χ4v) is 0.919. The maximum atomic E-state index is 11.2. The topological polar surface area (TPSA) is 46.5 Å². The number of ether oxygens (including phenoxy) is 1. The van der Waals surface area contributed by atoms with Crippen LogP contribution in [0.4, 0.5) is 0 Å². The van der Waals surface area contributed by atoms with Gasteiger partial charge in [0.15, 0.2) is 0 Å². The van der Waals surface area contributed by atoms with Crippen LogP contribution in [0, 0.1) is 0 Å². The molecular weight excluding hydrogens is 191 g/mol. The molecule has 0 aliphatic carbocycles. The Hall–Kier alpha value is -0.510. The van der Waals surface area contributed by atoms with Crippen LogP contribution in [0.3, 0.4) is 0 Å². The predicted octanol–water partition coefficient (Wildman–Crippen LogP) is 1.31. The van der Waals surface area contributed by atoms with E-state index in [1.54, 1.807) is 12.1 Å². The number of aromatic hydroxyl groups is 1. The van der Waals surface area contributed by atoms with Crippen LogP contribution >= 0.6 is 0 Å². The summed E-state index contributed by atoms with van der Waals surface area (Å²) in [5.41, 5.74) is 0.218. The molecule has 1 aromatic rings. The zero-order valence-corrected chi connectivity index (χ0v) is 7.49. The zero-order chi connectivity index (χ0) is 9.68. The van der Waals surface area contributed by atoms with Crippen molar-refractivity contribution in [2.45, 2.75) is 13.3 Å². The molecule has 4 heteroatoms. The second-order valence-electron chi connectivity index (χ2n) is 2.65. The van der Waals surface area contributed by atoms with E-state index in [0.29, 0.717) is 6.61 Å². The first-order chi connectivity index (χ1) is 6.25. The Balaban J connectivity index is 0.00000169. The summed E-state index contributed by atoms with van der Waals surface area (Å²) in [6.07, 6.45) is 0.777. The number of hydrogen-bond donors (Lipinski definition) is 1. The molecule has 0 atom stereocenters. The molecule has 14 heavy (non-hydrogen) atoms. The number of para-hydroxylation sites is 1. The van der Waals surface area contributed by atoms with Gasteiger partial charge in [0.1, 0.15) is 11.3 Å². The van der Waals surface area contributed by atoms with E-state index >= 15 is 0 Å². The van der Waals surface area contributed by atoms with E-state index in [1.807, 2.05) is 6.92 Å². The predicted molar refractivity (Wildman–Crippen MR) is 55.8 cm³/mol. The molecule has 0 bridgehead atoms. The van der Waals surface area contributed by atoms with E-state index in [-0.39, 0.29) is 40.9 Å². The van der Waals surface area contributed by atoms with Gasteiger partial charge in [-0.15, -0.1) is 0 Å². The quantitative estimate of drug-likeness (QED) is 0.596. The number of carbonyl (C=O) groups is 1. The second kappa shape index (κ2) is 6.87. The van der Waals surface area contributed by atoms with E-state index in [2.05, 4.69) is 0 Å². The first-order valence-corrected chi connectivity index (χ1v) is 4.20. The molecule has 0 saturated carbocycles. The van der Waals surface area contributed by atoms with Crippen molar-refractivity contribution in [3.05, 3.63) is 29.8 Å². The molecule has 0 aromatic heterocycles. The van der Waals surface area contributed by atoms with Crippen molar-refractivity contribution < 1.29 is 14.6 Å². The van der Waals surface area contributed by atoms with Crippen LogP contribution in [-0.4, -0.2) is 47.2 Å². The van der Waals surface area contributed by atoms with E-state index < -0.39 is 5.97 Å². The van der Waals surface area contributed by atoms with E-state index in [0.717, 1.165) is 6.42 Å². The third-order valence-corrected chi connectivity index (χ3v) is 1.56. The molecule has 0 fully saturated rings. The molecule has 0 amide bonds. The summed E-state index contributed by atoms with van der Waals surface area (Å²) >= 11 is 0. The van der Waals surface area contributed by atoms with Gasteiger partial charge in [0.05, 0.1) is 6.61 Å². The van der Waals surface area contributed by atoms with Crippen molar-refractivity contribution in [2.75, 3.05) is 6.61 Å². The van der Waals surface area contributed by atoms with Gasteiger partial charge in [0.25, 0.3) is 0 Å². The van der Waals surface area contributed by atoms with Gasteiger partial charge in [-0.2, -0.15) is 0 Å². The minimum absolute atomic E-state index is 0. The van der Waals surface area contributed by atoms with E-state index in [4.69, 9.17) is 4.74 Å². The minimum atomic E-state index is -0.472. The van der Waals surface area contributed by atoms with Crippen LogP contribution in [0.5, 0.6) is 5.75 Å². The molecule has 3 nitrogen and oxygen atoms in total. The van der Waals surface area contributed by atoms with Gasteiger partial charge < -0.3 is 9.84 Å². The van der Waals surface area contributed by atoms with Gasteiger partial charge in [0.2, 0.25) is 0 Å². The van der Waals surface area contributed by atoms with Crippen molar-refractivity contribution in [3.8, 4) is 5.75 Å². The number of phenols is 1. The Labute approximate surface area is 105 Å². The van der Waals surface area contributed by atoms with E-state index in [9.17, 15) is 9.90 Å². The fraction of sp³-hybridized carbons (Fsp3) is 0.300. The number of phenolic OH excluding ortho intramolecular Hbond substituents is 1. The van der Waals surface area contributed by atoms with Crippen molar-refractivity contribution in [2.24, 2.45) is 0 Å². The molecular formula is C10H13NaO3. The molecule has 0 aliphatic rings. The zero-order valence-electron chi connectivity index (χ0n) is 7.49. The van der Waals surface area contributed by atoms with Crippen LogP contribution in [0.1, 0.15) is 23.7 Å². The Morgan fingerprint density at radius 1 is 1.43 bits per heavy atom. The molecule has 1 aromatic carbocycles. The molecule has 0 unspecified atom stereocenters. The van der Waals surface area contributed by atoms with Crippen LogP contribution in [0.25, 0.3) is 0 Å². The summed E-state index contributed by atoms with van der Waals surface area (Å²) < 4.78 is 4.86. The van der Waals surface area contributed by atoms with Crippen molar-refractivity contribution >= 4 is 35.5 Å². The van der Waals surface area contributed by atoms with Gasteiger partial charge in [0, 0.05) is 0 Å². The van der Waals surface area contributed by atoms with Crippen LogP contribution < -0.4 is 0 Å². The summed E-state index contributed by atoms with van der Waals surface area (Å²) in [5, 5.41) is 9.28. The summed E-state index contributed by atoms with van der Waals surface area (Å²) in [4.78, 5) is 11.2. The van der Waals surface area contributed by atoms with Crippen molar-refractivity contribution in [1.82, 2.24) is 0 Å². The van der Waals surface area contributed by atoms with Crippen molar-refractivity contribution in [1.29, 1.82) is 0 Å². The van der Waals surface area contributed by atoms with Crippen LogP contribution in [0.15, 0.2) is 24.3 Å². The number of esters is 1. The first-order valence-electron chi connectivity index (χ1n) is 4.20. The molecule has 0 radical (unpaired) electrons. The Morgan fingerprint density at radius 2 is 2.07 bits per heavy atom. The maximum absolute atomic E-state index is 11.2. The molecule has 0 saturated heterocycles. The molecule has 0 heterocycles. The first kappa shape index (κ1) is 13.5. The monoisotopic (exact) mass is 204 g/mol. The third kappa shape index (κ3) is 3.70. The van der Waals surface area contributed by atoms with Crippen molar-refractivity contribution in [3.63, 3.8) is 0 Å². The summed E-state index contributed by atoms with van der Waals surface area (Å²) in [7, 11) is 0. The fourth-order valence-electron chi connectivity index (χ4n) is 0.919. The average molecular weight is 204 g/mol. The standard InChI is InChI=1S/C10H12O3.Na.H/c1-2-7-13-10(12)8-5-3-4-6-9(8)11;;/h3-6,11H,2,7H2,1H3;;. The molecule has 1 N–H and O–H groups in total. The Bertz CT molecular complexity index is 299. The Kier molecular flexibility index (Phi) is 6.62. The molecule has 0 spiro atoms. The van der Waals surface area contributed by atoms with Gasteiger partial charge in [-0.25, -0.2) is 4.79 Å². The van der Waals surface area contributed by atoms with Gasteiger partial charge in [-0.05, 0) is 18.6 Å². The van der Waals surface area contributed by atoms with Gasteiger partial charge >= 0.3 is 35.5 Å². The SMILES string of the molecule is CCCOC(=O)c1ccccc1O.[NaH]. The third-order valence-electron chi connectivity index (χ3n) is 1.56.